The third-order valence-corrected chi connectivity index (χ3v) is 2.96. The van der Waals surface area contributed by atoms with Crippen LogP contribution in [-0.2, 0) is 7.05 Å². The number of hydrogen-bond acceptors (Lipinski definition) is 2. The molecule has 1 heterocycles. The molecule has 5 heteroatoms. The summed E-state index contributed by atoms with van der Waals surface area (Å²) in [4.78, 5) is 0. The first-order valence-corrected chi connectivity index (χ1v) is 5.46. The zero-order valence-corrected chi connectivity index (χ0v) is 10.1. The summed E-state index contributed by atoms with van der Waals surface area (Å²) < 4.78 is 1.61. The molecule has 1 unspecified atom stereocenters. The van der Waals surface area contributed by atoms with Gasteiger partial charge < -0.3 is 5.11 Å². The molecule has 1 atom stereocenters. The standard InChI is InChI=1S/C11H10Cl2N2O/c1-15-10(4-5-14-15)11(16)8-3-2-7(12)6-9(8)13/h2-6,11,16H,1H3. The van der Waals surface area contributed by atoms with Crippen LogP contribution in [-0.4, -0.2) is 14.9 Å². The normalized spacial score (nSPS) is 12.8. The molecule has 0 fully saturated rings. The Balaban J connectivity index is 2.41. The summed E-state index contributed by atoms with van der Waals surface area (Å²) in [5, 5.41) is 15.1. The van der Waals surface area contributed by atoms with Gasteiger partial charge in [0.15, 0.2) is 0 Å². The van der Waals surface area contributed by atoms with E-state index < -0.39 is 6.10 Å². The minimum Gasteiger partial charge on any atom is -0.382 e. The van der Waals surface area contributed by atoms with Crippen LogP contribution in [0.3, 0.4) is 0 Å². The molecular formula is C11H10Cl2N2O. The third-order valence-electron chi connectivity index (χ3n) is 2.40. The first-order chi connectivity index (χ1) is 7.59. The largest absolute Gasteiger partial charge is 0.382 e. The first-order valence-electron chi connectivity index (χ1n) is 4.70. The lowest BCUT2D eigenvalue weighted by molar-refractivity contribution is 0.210. The van der Waals surface area contributed by atoms with E-state index in [4.69, 9.17) is 23.2 Å². The van der Waals surface area contributed by atoms with E-state index in [-0.39, 0.29) is 0 Å². The molecule has 0 amide bonds. The van der Waals surface area contributed by atoms with E-state index in [1.165, 1.54) is 0 Å². The number of benzene rings is 1. The molecule has 1 aromatic carbocycles. The Morgan fingerprint density at radius 1 is 1.31 bits per heavy atom. The van der Waals surface area contributed by atoms with Crippen molar-refractivity contribution in [1.82, 2.24) is 9.78 Å². The lowest BCUT2D eigenvalue weighted by atomic mass is 10.1. The molecule has 2 rings (SSSR count). The Labute approximate surface area is 103 Å². The molecule has 3 nitrogen and oxygen atoms in total. The highest BCUT2D eigenvalue weighted by atomic mass is 35.5. The monoisotopic (exact) mass is 256 g/mol. The van der Waals surface area contributed by atoms with E-state index >= 15 is 0 Å². The van der Waals surface area contributed by atoms with Crippen molar-refractivity contribution in [3.8, 4) is 0 Å². The number of halogens is 2. The third kappa shape index (κ3) is 2.07. The van der Waals surface area contributed by atoms with Gasteiger partial charge in [0.2, 0.25) is 0 Å². The highest BCUT2D eigenvalue weighted by Crippen LogP contribution is 2.29. The molecular weight excluding hydrogens is 247 g/mol. The first kappa shape index (κ1) is 11.5. The Kier molecular flexibility index (Phi) is 3.19. The fourth-order valence-electron chi connectivity index (χ4n) is 1.53. The molecule has 0 aliphatic carbocycles. The summed E-state index contributed by atoms with van der Waals surface area (Å²) in [6, 6.07) is 6.76. The second-order valence-electron chi connectivity index (χ2n) is 3.45. The van der Waals surface area contributed by atoms with E-state index in [0.29, 0.717) is 21.3 Å². The minimum atomic E-state index is -0.794. The van der Waals surface area contributed by atoms with Crippen LogP contribution in [0, 0.1) is 0 Å². The predicted octanol–water partition coefficient (Wildman–Crippen LogP) is 2.81. The van der Waals surface area contributed by atoms with Crippen molar-refractivity contribution in [3.63, 3.8) is 0 Å². The van der Waals surface area contributed by atoms with Crippen molar-refractivity contribution < 1.29 is 5.11 Å². The lowest BCUT2D eigenvalue weighted by Crippen LogP contribution is -2.07. The fraction of sp³-hybridized carbons (Fsp3) is 0.182. The smallest absolute Gasteiger partial charge is 0.122 e. The van der Waals surface area contributed by atoms with Crippen molar-refractivity contribution in [2.45, 2.75) is 6.10 Å². The van der Waals surface area contributed by atoms with Crippen LogP contribution in [0.1, 0.15) is 17.4 Å². The molecule has 0 saturated carbocycles. The molecule has 0 radical (unpaired) electrons. The van der Waals surface area contributed by atoms with Crippen LogP contribution >= 0.6 is 23.2 Å². The molecule has 0 spiro atoms. The summed E-state index contributed by atoms with van der Waals surface area (Å²) in [7, 11) is 1.77. The maximum atomic E-state index is 10.1. The van der Waals surface area contributed by atoms with Gasteiger partial charge in [-0.3, -0.25) is 4.68 Å². The summed E-state index contributed by atoms with van der Waals surface area (Å²) in [5.74, 6) is 0. The molecule has 2 aromatic rings. The number of hydrogen-bond donors (Lipinski definition) is 1. The number of aryl methyl sites for hydroxylation is 1. The molecule has 0 saturated heterocycles. The van der Waals surface area contributed by atoms with Crippen LogP contribution in [0.2, 0.25) is 10.0 Å². The van der Waals surface area contributed by atoms with Crippen molar-refractivity contribution >= 4 is 23.2 Å². The molecule has 1 N–H and O–H groups in total. The highest BCUT2D eigenvalue weighted by molar-refractivity contribution is 6.35. The zero-order chi connectivity index (χ0) is 11.7. The molecule has 0 bridgehead atoms. The van der Waals surface area contributed by atoms with Crippen molar-refractivity contribution in [1.29, 1.82) is 0 Å². The summed E-state index contributed by atoms with van der Waals surface area (Å²) in [6.07, 6.45) is 0.833. The van der Waals surface area contributed by atoms with Crippen molar-refractivity contribution in [3.05, 3.63) is 51.8 Å². The Morgan fingerprint density at radius 2 is 2.06 bits per heavy atom. The van der Waals surface area contributed by atoms with E-state index in [9.17, 15) is 5.11 Å². The van der Waals surface area contributed by atoms with Gasteiger partial charge in [0.1, 0.15) is 6.10 Å². The van der Waals surface area contributed by atoms with Gasteiger partial charge in [-0.2, -0.15) is 5.10 Å². The van der Waals surface area contributed by atoms with Gasteiger partial charge in [-0.1, -0.05) is 29.3 Å². The fourth-order valence-corrected chi connectivity index (χ4v) is 2.05. The lowest BCUT2D eigenvalue weighted by Gasteiger charge is -2.13. The highest BCUT2D eigenvalue weighted by Gasteiger charge is 2.16. The van der Waals surface area contributed by atoms with Crippen LogP contribution in [0.5, 0.6) is 0 Å². The van der Waals surface area contributed by atoms with Gasteiger partial charge in [0.05, 0.1) is 5.69 Å². The van der Waals surface area contributed by atoms with Crippen LogP contribution in [0.15, 0.2) is 30.5 Å². The Hall–Kier alpha value is -1.03. The average Bonchev–Trinajstić information content (AvgIpc) is 2.63. The van der Waals surface area contributed by atoms with Gasteiger partial charge in [0.25, 0.3) is 0 Å². The van der Waals surface area contributed by atoms with Gasteiger partial charge in [-0.15, -0.1) is 0 Å². The zero-order valence-electron chi connectivity index (χ0n) is 8.56. The Morgan fingerprint density at radius 3 is 2.62 bits per heavy atom. The van der Waals surface area contributed by atoms with Crippen molar-refractivity contribution in [2.24, 2.45) is 7.05 Å². The molecule has 1 aromatic heterocycles. The number of rotatable bonds is 2. The second-order valence-corrected chi connectivity index (χ2v) is 4.29. The number of aliphatic hydroxyl groups excluding tert-OH is 1. The van der Waals surface area contributed by atoms with E-state index in [0.717, 1.165) is 0 Å². The molecule has 16 heavy (non-hydrogen) atoms. The number of nitrogens with zero attached hydrogens (tertiary/aromatic N) is 2. The van der Waals surface area contributed by atoms with E-state index in [2.05, 4.69) is 5.10 Å². The minimum absolute atomic E-state index is 0.446. The number of aliphatic hydroxyl groups is 1. The molecule has 84 valence electrons. The van der Waals surface area contributed by atoms with E-state index in [1.54, 1.807) is 42.2 Å². The van der Waals surface area contributed by atoms with E-state index in [1.807, 2.05) is 0 Å². The predicted molar refractivity (Wildman–Crippen MR) is 63.7 cm³/mol. The number of aromatic nitrogens is 2. The summed E-state index contributed by atoms with van der Waals surface area (Å²) in [5.41, 5.74) is 1.30. The average molecular weight is 257 g/mol. The maximum Gasteiger partial charge on any atom is 0.122 e. The quantitative estimate of drug-likeness (QED) is 0.898. The topological polar surface area (TPSA) is 38.0 Å². The molecule has 0 aliphatic rings. The molecule has 0 aliphatic heterocycles. The van der Waals surface area contributed by atoms with Crippen LogP contribution in [0.4, 0.5) is 0 Å². The second kappa shape index (κ2) is 4.45. The summed E-state index contributed by atoms with van der Waals surface area (Å²) in [6.45, 7) is 0. The SMILES string of the molecule is Cn1nccc1C(O)c1ccc(Cl)cc1Cl. The summed E-state index contributed by atoms with van der Waals surface area (Å²) >= 11 is 11.8. The van der Waals surface area contributed by atoms with Gasteiger partial charge in [-0.25, -0.2) is 0 Å². The maximum absolute atomic E-state index is 10.1. The van der Waals surface area contributed by atoms with Gasteiger partial charge >= 0.3 is 0 Å². The van der Waals surface area contributed by atoms with Gasteiger partial charge in [0, 0.05) is 28.9 Å². The van der Waals surface area contributed by atoms with Crippen molar-refractivity contribution in [2.75, 3.05) is 0 Å². The van der Waals surface area contributed by atoms with Gasteiger partial charge in [-0.05, 0) is 18.2 Å². The Bertz CT molecular complexity index is 510. The van der Waals surface area contributed by atoms with Crippen LogP contribution < -0.4 is 0 Å². The van der Waals surface area contributed by atoms with Crippen LogP contribution in [0.25, 0.3) is 0 Å².